The Labute approximate surface area is 131 Å². The third kappa shape index (κ3) is 3.84. The molecule has 0 heterocycles. The van der Waals surface area contributed by atoms with Gasteiger partial charge in [0.15, 0.2) is 11.6 Å². The Hall–Kier alpha value is -2.48. The van der Waals surface area contributed by atoms with Gasteiger partial charge in [0.05, 0.1) is 17.0 Å². The van der Waals surface area contributed by atoms with Crippen molar-refractivity contribution in [1.82, 2.24) is 0 Å². The molecule has 122 valence electrons. The molecule has 0 aliphatic carbocycles. The van der Waals surface area contributed by atoms with Gasteiger partial charge in [-0.2, -0.15) is 0 Å². The molecule has 0 aliphatic rings. The molecule has 0 bridgehead atoms. The van der Waals surface area contributed by atoms with Gasteiger partial charge in [-0.1, -0.05) is 23.8 Å². The Kier molecular flexibility index (Phi) is 4.65. The average Bonchev–Trinajstić information content (AvgIpc) is 2.47. The molecule has 0 radical (unpaired) electrons. The number of anilines is 1. The van der Waals surface area contributed by atoms with Crippen LogP contribution in [0.1, 0.15) is 11.1 Å². The molecule has 0 fully saturated rings. The lowest BCUT2D eigenvalue weighted by Crippen LogP contribution is -2.15. The largest absolute Gasteiger partial charge is 0.481 e. The Bertz CT molecular complexity index is 849. The van der Waals surface area contributed by atoms with Gasteiger partial charge in [-0.15, -0.1) is 0 Å². The minimum Gasteiger partial charge on any atom is -0.481 e. The summed E-state index contributed by atoms with van der Waals surface area (Å²) in [5.41, 5.74) is -0.107. The highest BCUT2D eigenvalue weighted by Gasteiger charge is 2.20. The van der Waals surface area contributed by atoms with Crippen LogP contribution in [0.4, 0.5) is 14.5 Å². The predicted molar refractivity (Wildman–Crippen MR) is 79.7 cm³/mol. The molecule has 2 aromatic rings. The second kappa shape index (κ2) is 6.33. The minimum atomic E-state index is -4.08. The zero-order valence-electron chi connectivity index (χ0n) is 12.0. The molecule has 0 saturated carbocycles. The van der Waals surface area contributed by atoms with Crippen molar-refractivity contribution >= 4 is 21.7 Å². The zero-order chi connectivity index (χ0) is 17.2. The molecule has 8 heteroatoms. The van der Waals surface area contributed by atoms with E-state index in [2.05, 4.69) is 0 Å². The fraction of sp³-hybridized carbons (Fsp3) is 0.133. The van der Waals surface area contributed by atoms with Gasteiger partial charge in [-0.3, -0.25) is 9.52 Å². The maximum Gasteiger partial charge on any atom is 0.307 e. The maximum absolute atomic E-state index is 13.9. The SMILES string of the molecule is Cc1ccc(S(=O)(=O)Nc2ccc(CC(=O)O)c(F)c2F)cc1. The van der Waals surface area contributed by atoms with E-state index in [1.165, 1.54) is 12.1 Å². The molecule has 0 unspecified atom stereocenters. The molecular weight excluding hydrogens is 328 g/mol. The van der Waals surface area contributed by atoms with Crippen molar-refractivity contribution in [3.63, 3.8) is 0 Å². The van der Waals surface area contributed by atoms with Gasteiger partial charge in [0.2, 0.25) is 0 Å². The highest BCUT2D eigenvalue weighted by molar-refractivity contribution is 7.92. The van der Waals surface area contributed by atoms with Crippen molar-refractivity contribution in [3.8, 4) is 0 Å². The van der Waals surface area contributed by atoms with Crippen molar-refractivity contribution in [3.05, 3.63) is 59.2 Å². The Morgan fingerprint density at radius 3 is 2.26 bits per heavy atom. The molecule has 5 nitrogen and oxygen atoms in total. The molecular formula is C15H13F2NO4S. The first-order valence-corrected chi connectivity index (χ1v) is 7.97. The number of halogens is 2. The summed E-state index contributed by atoms with van der Waals surface area (Å²) < 4.78 is 54.0. The molecule has 23 heavy (non-hydrogen) atoms. The van der Waals surface area contributed by atoms with Gasteiger partial charge in [0, 0.05) is 5.56 Å². The van der Waals surface area contributed by atoms with Gasteiger partial charge in [-0.25, -0.2) is 17.2 Å². The molecule has 0 aliphatic heterocycles. The van der Waals surface area contributed by atoms with E-state index in [9.17, 15) is 22.0 Å². The van der Waals surface area contributed by atoms with E-state index >= 15 is 0 Å². The number of nitrogens with one attached hydrogen (secondary N) is 1. The number of rotatable bonds is 5. The summed E-state index contributed by atoms with van der Waals surface area (Å²) in [5.74, 6) is -4.16. The van der Waals surface area contributed by atoms with Gasteiger partial charge in [-0.05, 0) is 25.1 Å². The topological polar surface area (TPSA) is 83.5 Å². The van der Waals surface area contributed by atoms with Gasteiger partial charge in [0.25, 0.3) is 10.0 Å². The van der Waals surface area contributed by atoms with Crippen LogP contribution in [0.2, 0.25) is 0 Å². The van der Waals surface area contributed by atoms with E-state index in [0.717, 1.165) is 17.7 Å². The van der Waals surface area contributed by atoms with Crippen LogP contribution in [0.15, 0.2) is 41.3 Å². The van der Waals surface area contributed by atoms with Crippen LogP contribution in [0.3, 0.4) is 0 Å². The number of carboxylic acid groups (broad SMARTS) is 1. The number of carboxylic acids is 1. The van der Waals surface area contributed by atoms with Crippen LogP contribution in [0.25, 0.3) is 0 Å². The van der Waals surface area contributed by atoms with Crippen LogP contribution >= 0.6 is 0 Å². The molecule has 2 aromatic carbocycles. The Balaban J connectivity index is 2.34. The molecule has 0 aromatic heterocycles. The van der Waals surface area contributed by atoms with E-state index in [0.29, 0.717) is 0 Å². The van der Waals surface area contributed by atoms with E-state index in [4.69, 9.17) is 5.11 Å². The third-order valence-corrected chi connectivity index (χ3v) is 4.46. The van der Waals surface area contributed by atoms with E-state index in [1.54, 1.807) is 19.1 Å². The fourth-order valence-electron chi connectivity index (χ4n) is 1.89. The number of aryl methyl sites for hydroxylation is 1. The predicted octanol–water partition coefficient (Wildman–Crippen LogP) is 2.70. The summed E-state index contributed by atoms with van der Waals surface area (Å²) in [7, 11) is -4.08. The first kappa shape index (κ1) is 16.9. The monoisotopic (exact) mass is 341 g/mol. The highest BCUT2D eigenvalue weighted by Crippen LogP contribution is 2.24. The quantitative estimate of drug-likeness (QED) is 0.876. The average molecular weight is 341 g/mol. The molecule has 0 amide bonds. The Morgan fingerprint density at radius 1 is 1.09 bits per heavy atom. The standard InChI is InChI=1S/C15H13F2NO4S/c1-9-2-5-11(6-3-9)23(21,22)18-12-7-4-10(8-13(19)20)14(16)15(12)17/h2-7,18H,8H2,1H3,(H,19,20). The highest BCUT2D eigenvalue weighted by atomic mass is 32.2. The molecule has 2 rings (SSSR count). The van der Waals surface area contributed by atoms with Crippen LogP contribution < -0.4 is 4.72 Å². The normalized spacial score (nSPS) is 11.3. The number of aliphatic carboxylic acids is 1. The van der Waals surface area contributed by atoms with Crippen LogP contribution in [0, 0.1) is 18.6 Å². The minimum absolute atomic E-state index is 0.0995. The fourth-order valence-corrected chi connectivity index (χ4v) is 2.95. The van der Waals surface area contributed by atoms with Crippen molar-refractivity contribution in [2.75, 3.05) is 4.72 Å². The summed E-state index contributed by atoms with van der Waals surface area (Å²) >= 11 is 0. The van der Waals surface area contributed by atoms with Gasteiger partial charge >= 0.3 is 5.97 Å². The summed E-state index contributed by atoms with van der Waals surface area (Å²) in [4.78, 5) is 10.5. The molecule has 0 atom stereocenters. The lowest BCUT2D eigenvalue weighted by Gasteiger charge is -2.11. The number of carbonyl (C=O) groups is 1. The lowest BCUT2D eigenvalue weighted by molar-refractivity contribution is -0.136. The number of hydrogen-bond acceptors (Lipinski definition) is 3. The Morgan fingerprint density at radius 2 is 1.70 bits per heavy atom. The second-order valence-electron chi connectivity index (χ2n) is 4.89. The van der Waals surface area contributed by atoms with Crippen molar-refractivity contribution in [1.29, 1.82) is 0 Å². The van der Waals surface area contributed by atoms with Crippen molar-refractivity contribution in [2.24, 2.45) is 0 Å². The van der Waals surface area contributed by atoms with Crippen LogP contribution in [-0.2, 0) is 21.2 Å². The number of sulfonamides is 1. The van der Waals surface area contributed by atoms with Crippen LogP contribution in [-0.4, -0.2) is 19.5 Å². The van der Waals surface area contributed by atoms with Crippen LogP contribution in [0.5, 0.6) is 0 Å². The van der Waals surface area contributed by atoms with E-state index in [-0.39, 0.29) is 10.5 Å². The van der Waals surface area contributed by atoms with E-state index in [1.807, 2.05) is 4.72 Å². The first-order chi connectivity index (χ1) is 10.7. The first-order valence-electron chi connectivity index (χ1n) is 6.49. The van der Waals surface area contributed by atoms with E-state index < -0.39 is 39.7 Å². The summed E-state index contributed by atoms with van der Waals surface area (Å²) in [6.45, 7) is 1.78. The van der Waals surface area contributed by atoms with Crippen molar-refractivity contribution < 1.29 is 27.1 Å². The summed E-state index contributed by atoms with van der Waals surface area (Å²) in [6, 6.07) is 7.83. The van der Waals surface area contributed by atoms with Gasteiger partial charge in [0.1, 0.15) is 0 Å². The van der Waals surface area contributed by atoms with Crippen molar-refractivity contribution in [2.45, 2.75) is 18.2 Å². The molecule has 0 spiro atoms. The summed E-state index contributed by atoms with van der Waals surface area (Å²) in [6.07, 6.45) is -0.701. The smallest absolute Gasteiger partial charge is 0.307 e. The molecule has 2 N–H and O–H groups in total. The maximum atomic E-state index is 13.9. The summed E-state index contributed by atoms with van der Waals surface area (Å²) in [5, 5.41) is 8.61. The zero-order valence-corrected chi connectivity index (χ0v) is 12.8. The third-order valence-electron chi connectivity index (χ3n) is 3.08. The number of benzene rings is 2. The van der Waals surface area contributed by atoms with Gasteiger partial charge < -0.3 is 5.11 Å². The lowest BCUT2D eigenvalue weighted by atomic mass is 10.1. The molecule has 0 saturated heterocycles. The second-order valence-corrected chi connectivity index (χ2v) is 6.57. The number of hydrogen-bond donors (Lipinski definition) is 2.